The van der Waals surface area contributed by atoms with Crippen LogP contribution in [0.3, 0.4) is 0 Å². The molecule has 0 fully saturated rings. The molecule has 0 heterocycles. The van der Waals surface area contributed by atoms with Crippen molar-refractivity contribution in [2.24, 2.45) is 0 Å². The molecule has 0 aliphatic rings. The molecule has 16 nitrogen and oxygen atoms in total. The number of rotatable bonds is 80. The summed E-state index contributed by atoms with van der Waals surface area (Å²) in [6.07, 6.45) is 99.5. The summed E-state index contributed by atoms with van der Waals surface area (Å²) in [5.74, 6) is -1.58. The SMILES string of the molecule is CC/C=C\C/C=C\C/C=C\C/C=C\C/C=C\C/C=C\CCCCCCCCCCCCC(=O)OCC(COP(=O)(O)OCC(O)COP(=O)(O)OCC(O)COC(=O)CCCCCCCCCCCCCCCCC/C=C\C/C=C\C/C=C\C/C=C\CCCCC)OC(=O)CCCCCCC/C=C\CCCC. The van der Waals surface area contributed by atoms with Gasteiger partial charge in [-0.1, -0.05) is 334 Å². The third-order valence-corrected chi connectivity index (χ3v) is 19.7. The molecule has 0 saturated heterocycles. The van der Waals surface area contributed by atoms with Crippen LogP contribution in [0.1, 0.15) is 355 Å². The predicted octanol–water partition coefficient (Wildman–Crippen LogP) is 25.4. The number of aliphatic hydroxyl groups excluding tert-OH is 2. The van der Waals surface area contributed by atoms with Crippen LogP contribution in [-0.4, -0.2) is 95.9 Å². The minimum absolute atomic E-state index is 0.0915. The number of phosphoric acid groups is 2. The van der Waals surface area contributed by atoms with Gasteiger partial charge in [0, 0.05) is 19.3 Å². The quantitative estimate of drug-likeness (QED) is 0.0146. The van der Waals surface area contributed by atoms with Gasteiger partial charge in [-0.2, -0.15) is 0 Å². The van der Waals surface area contributed by atoms with Crippen LogP contribution in [0, 0.1) is 0 Å². The highest BCUT2D eigenvalue weighted by Gasteiger charge is 2.29. The van der Waals surface area contributed by atoms with Gasteiger partial charge in [0.25, 0.3) is 0 Å². The summed E-state index contributed by atoms with van der Waals surface area (Å²) in [6, 6.07) is 0. The third-order valence-electron chi connectivity index (χ3n) is 17.8. The molecule has 0 aromatic heterocycles. The van der Waals surface area contributed by atoms with E-state index in [1.165, 1.54) is 148 Å². The normalized spacial score (nSPS) is 14.6. The highest BCUT2D eigenvalue weighted by Crippen LogP contribution is 2.45. The molecule has 0 rings (SSSR count). The Balaban J connectivity index is 4.40. The van der Waals surface area contributed by atoms with Crippen molar-refractivity contribution < 1.29 is 75.8 Å². The Labute approximate surface area is 652 Å². The molecule has 5 atom stereocenters. The van der Waals surface area contributed by atoms with Gasteiger partial charge in [0.05, 0.1) is 26.4 Å². The van der Waals surface area contributed by atoms with E-state index >= 15 is 0 Å². The van der Waals surface area contributed by atoms with Crippen molar-refractivity contribution in [3.05, 3.63) is 134 Å². The number of ether oxygens (including phenoxy) is 3. The number of hydrogen-bond acceptors (Lipinski definition) is 14. The summed E-state index contributed by atoms with van der Waals surface area (Å²) in [7, 11) is -9.79. The molecule has 18 heteroatoms. The van der Waals surface area contributed by atoms with Crippen LogP contribution in [-0.2, 0) is 55.8 Å². The highest BCUT2D eigenvalue weighted by atomic mass is 31.2. The minimum atomic E-state index is -4.93. The first-order valence-electron chi connectivity index (χ1n) is 42.5. The molecule has 5 unspecified atom stereocenters. The van der Waals surface area contributed by atoms with Gasteiger partial charge in [-0.15, -0.1) is 0 Å². The smallest absolute Gasteiger partial charge is 0.463 e. The van der Waals surface area contributed by atoms with Gasteiger partial charge in [-0.05, 0) is 135 Å². The largest absolute Gasteiger partial charge is 0.472 e. The Hall–Kier alpha value is -4.31. The summed E-state index contributed by atoms with van der Waals surface area (Å²) in [4.78, 5) is 58.7. The van der Waals surface area contributed by atoms with Crippen molar-refractivity contribution in [1.29, 1.82) is 0 Å². The second-order valence-corrected chi connectivity index (χ2v) is 31.2. The molecule has 0 saturated carbocycles. The van der Waals surface area contributed by atoms with Crippen LogP contribution in [0.25, 0.3) is 0 Å². The van der Waals surface area contributed by atoms with E-state index in [9.17, 15) is 43.5 Å². The number of esters is 3. The molecule has 0 radical (unpaired) electrons. The maximum atomic E-state index is 12.9. The van der Waals surface area contributed by atoms with Crippen LogP contribution >= 0.6 is 15.6 Å². The fourth-order valence-corrected chi connectivity index (χ4v) is 12.9. The number of unbranched alkanes of at least 4 members (excludes halogenated alkanes) is 35. The fourth-order valence-electron chi connectivity index (χ4n) is 11.4. The molecule has 0 aliphatic heterocycles. The summed E-state index contributed by atoms with van der Waals surface area (Å²) in [5, 5.41) is 20.7. The summed E-state index contributed by atoms with van der Waals surface area (Å²) in [5.41, 5.74) is 0. The average molecular weight is 1540 g/mol. The number of allylic oxidation sites excluding steroid dienone is 22. The van der Waals surface area contributed by atoms with Gasteiger partial charge < -0.3 is 34.2 Å². The van der Waals surface area contributed by atoms with Gasteiger partial charge in [0.1, 0.15) is 25.4 Å². The number of phosphoric ester groups is 2. The van der Waals surface area contributed by atoms with Crippen LogP contribution in [0.5, 0.6) is 0 Å². The zero-order valence-electron chi connectivity index (χ0n) is 67.5. The molecule has 4 N–H and O–H groups in total. The zero-order chi connectivity index (χ0) is 78.0. The Morgan fingerprint density at radius 3 is 0.822 bits per heavy atom. The molecule has 0 bridgehead atoms. The summed E-state index contributed by atoms with van der Waals surface area (Å²) >= 11 is 0. The van der Waals surface area contributed by atoms with E-state index in [0.717, 1.165) is 148 Å². The lowest BCUT2D eigenvalue weighted by atomic mass is 10.0. The van der Waals surface area contributed by atoms with Crippen molar-refractivity contribution in [2.45, 2.75) is 373 Å². The lowest BCUT2D eigenvalue weighted by molar-refractivity contribution is -0.161. The molecular formula is C89H154O16P2. The molecule has 107 heavy (non-hydrogen) atoms. The molecule has 0 aliphatic carbocycles. The maximum Gasteiger partial charge on any atom is 0.472 e. The molecule has 0 amide bonds. The Kier molecular flexibility index (Phi) is 77.9. The Bertz CT molecular complexity index is 2480. The number of hydrogen-bond donors (Lipinski definition) is 4. The van der Waals surface area contributed by atoms with E-state index in [2.05, 4.69) is 154 Å². The second kappa shape index (κ2) is 81.2. The first-order valence-corrected chi connectivity index (χ1v) is 45.5. The molecular weight excluding hydrogens is 1390 g/mol. The van der Waals surface area contributed by atoms with E-state index < -0.39 is 91.5 Å². The Morgan fingerprint density at radius 2 is 0.505 bits per heavy atom. The molecule has 0 aromatic carbocycles. The lowest BCUT2D eigenvalue weighted by Crippen LogP contribution is -2.30. The zero-order valence-corrected chi connectivity index (χ0v) is 69.3. The van der Waals surface area contributed by atoms with E-state index in [4.69, 9.17) is 32.3 Å². The van der Waals surface area contributed by atoms with Gasteiger partial charge in [0.15, 0.2) is 6.10 Å². The first-order chi connectivity index (χ1) is 52.2. The van der Waals surface area contributed by atoms with Crippen molar-refractivity contribution >= 4 is 33.6 Å². The molecule has 0 aromatic rings. The van der Waals surface area contributed by atoms with Crippen molar-refractivity contribution in [1.82, 2.24) is 0 Å². The van der Waals surface area contributed by atoms with E-state index in [-0.39, 0.29) is 19.3 Å². The predicted molar refractivity (Wildman–Crippen MR) is 445 cm³/mol. The lowest BCUT2D eigenvalue weighted by Gasteiger charge is -2.21. The van der Waals surface area contributed by atoms with E-state index in [0.29, 0.717) is 19.3 Å². The van der Waals surface area contributed by atoms with Gasteiger partial charge in [-0.25, -0.2) is 9.13 Å². The van der Waals surface area contributed by atoms with Crippen LogP contribution < -0.4 is 0 Å². The number of aliphatic hydroxyl groups is 2. The van der Waals surface area contributed by atoms with Crippen molar-refractivity contribution in [2.75, 3.05) is 39.6 Å². The third kappa shape index (κ3) is 82.5. The van der Waals surface area contributed by atoms with Gasteiger partial charge in [0.2, 0.25) is 0 Å². The topological polar surface area (TPSA) is 231 Å². The van der Waals surface area contributed by atoms with Crippen molar-refractivity contribution in [3.8, 4) is 0 Å². The Morgan fingerprint density at radius 1 is 0.271 bits per heavy atom. The minimum Gasteiger partial charge on any atom is -0.463 e. The molecule has 616 valence electrons. The first kappa shape index (κ1) is 103. The van der Waals surface area contributed by atoms with Gasteiger partial charge in [-0.3, -0.25) is 32.5 Å². The van der Waals surface area contributed by atoms with Gasteiger partial charge >= 0.3 is 33.6 Å². The van der Waals surface area contributed by atoms with Crippen molar-refractivity contribution in [3.63, 3.8) is 0 Å². The van der Waals surface area contributed by atoms with Crippen LogP contribution in [0.4, 0.5) is 0 Å². The summed E-state index contributed by atoms with van der Waals surface area (Å²) < 4.78 is 61.2. The van der Waals surface area contributed by atoms with E-state index in [1.54, 1.807) is 0 Å². The standard InChI is InChI=1S/C89H154O16P2/c1-4-7-10-13-16-19-22-24-26-28-30-32-34-36-38-40-41-43-45-46-48-50-52-54-56-58-61-63-66-69-72-75-87(92)99-78-84(90)79-101-106(95,96)102-80-85(91)81-103-107(97,98)104-83-86(105-89(94)77-74-71-68-65-60-21-18-15-12-9-6-3)82-100-88(93)76-73-70-67-64-62-59-57-55-53-51-49-47-44-42-39-37-35-33-31-29-27-25-23-20-17-14-11-8-5-2/h8,11,15-20,24-27,30-33,36-39,44,47,84-86,90-91H,4-7,9-10,12-14,21-23,28-29,34-35,40-43,45-46,48-83H2,1-3H3,(H,95,96)(H,97,98)/b11-8-,18-15-,19-16-,20-17-,26-24-,27-25-,32-30-,33-31-,38-36-,39-37-,47-44-. The van der Waals surface area contributed by atoms with E-state index in [1.807, 2.05) is 0 Å². The fraction of sp³-hybridized carbons (Fsp3) is 0.719. The number of carbonyl (C=O) groups excluding carboxylic acids is 3. The maximum absolute atomic E-state index is 12.9. The number of carbonyl (C=O) groups is 3. The second-order valence-electron chi connectivity index (χ2n) is 28.2. The highest BCUT2D eigenvalue weighted by molar-refractivity contribution is 7.47. The summed E-state index contributed by atoms with van der Waals surface area (Å²) in [6.45, 7) is 2.51. The molecule has 0 spiro atoms. The average Bonchev–Trinajstić information content (AvgIpc) is 0.908. The van der Waals surface area contributed by atoms with Crippen LogP contribution in [0.15, 0.2) is 134 Å². The monoisotopic (exact) mass is 1540 g/mol. The van der Waals surface area contributed by atoms with Crippen LogP contribution in [0.2, 0.25) is 0 Å².